The van der Waals surface area contributed by atoms with Crippen molar-refractivity contribution >= 4 is 5.91 Å². The van der Waals surface area contributed by atoms with Crippen LogP contribution in [0.2, 0.25) is 0 Å². The zero-order chi connectivity index (χ0) is 11.7. The molecule has 1 amide bonds. The maximum Gasteiger partial charge on any atom is 0.221 e. The standard InChI is InChI=1S/C11H24N2O2/c1-5-13-10(14)6-7-12-8-9-15-11(2,3)4/h12H,5-9H2,1-4H3,(H,13,14). The summed E-state index contributed by atoms with van der Waals surface area (Å²) in [6.07, 6.45) is 0.531. The van der Waals surface area contributed by atoms with Crippen molar-refractivity contribution in [1.82, 2.24) is 10.6 Å². The number of hydrogen-bond donors (Lipinski definition) is 2. The maximum atomic E-state index is 11.1. The van der Waals surface area contributed by atoms with Crippen LogP contribution in [0.5, 0.6) is 0 Å². The largest absolute Gasteiger partial charge is 0.375 e. The molecule has 15 heavy (non-hydrogen) atoms. The monoisotopic (exact) mass is 216 g/mol. The van der Waals surface area contributed by atoms with E-state index in [2.05, 4.69) is 10.6 Å². The molecule has 0 heterocycles. The predicted octanol–water partition coefficient (Wildman–Crippen LogP) is 0.917. The second-order valence-electron chi connectivity index (χ2n) is 4.41. The highest BCUT2D eigenvalue weighted by atomic mass is 16.5. The van der Waals surface area contributed by atoms with Crippen molar-refractivity contribution in [3.05, 3.63) is 0 Å². The minimum absolute atomic E-state index is 0.0821. The molecule has 0 saturated carbocycles. The zero-order valence-electron chi connectivity index (χ0n) is 10.4. The van der Waals surface area contributed by atoms with E-state index >= 15 is 0 Å². The molecule has 0 aromatic heterocycles. The van der Waals surface area contributed by atoms with E-state index in [0.717, 1.165) is 6.54 Å². The summed E-state index contributed by atoms with van der Waals surface area (Å²) in [4.78, 5) is 11.1. The summed E-state index contributed by atoms with van der Waals surface area (Å²) in [5, 5.41) is 5.91. The Bertz CT molecular complexity index is 176. The number of carbonyl (C=O) groups excluding carboxylic acids is 1. The van der Waals surface area contributed by atoms with E-state index in [0.29, 0.717) is 26.1 Å². The summed E-state index contributed by atoms with van der Waals surface area (Å²) in [5.41, 5.74) is -0.0821. The lowest BCUT2D eigenvalue weighted by atomic mass is 10.2. The van der Waals surface area contributed by atoms with Crippen LogP contribution in [0.25, 0.3) is 0 Å². The summed E-state index contributed by atoms with van der Waals surface area (Å²) < 4.78 is 5.52. The Morgan fingerprint density at radius 1 is 1.27 bits per heavy atom. The molecule has 0 bridgehead atoms. The molecule has 0 spiro atoms. The molecule has 90 valence electrons. The Hall–Kier alpha value is -0.610. The van der Waals surface area contributed by atoms with Gasteiger partial charge in [0, 0.05) is 26.1 Å². The third-order valence-electron chi connectivity index (χ3n) is 1.72. The van der Waals surface area contributed by atoms with Crippen molar-refractivity contribution in [1.29, 1.82) is 0 Å². The smallest absolute Gasteiger partial charge is 0.221 e. The van der Waals surface area contributed by atoms with Crippen LogP contribution in [-0.2, 0) is 9.53 Å². The molecular weight excluding hydrogens is 192 g/mol. The van der Waals surface area contributed by atoms with Crippen LogP contribution >= 0.6 is 0 Å². The van der Waals surface area contributed by atoms with Gasteiger partial charge < -0.3 is 15.4 Å². The van der Waals surface area contributed by atoms with E-state index in [1.54, 1.807) is 0 Å². The SMILES string of the molecule is CCNC(=O)CCNCCOC(C)(C)C. The second-order valence-corrected chi connectivity index (χ2v) is 4.41. The minimum atomic E-state index is -0.0821. The van der Waals surface area contributed by atoms with E-state index in [4.69, 9.17) is 4.74 Å². The van der Waals surface area contributed by atoms with E-state index in [1.165, 1.54) is 0 Å². The highest BCUT2D eigenvalue weighted by molar-refractivity contribution is 5.75. The molecular formula is C11H24N2O2. The third kappa shape index (κ3) is 11.3. The summed E-state index contributed by atoms with van der Waals surface area (Å²) in [6, 6.07) is 0. The lowest BCUT2D eigenvalue weighted by molar-refractivity contribution is -0.120. The van der Waals surface area contributed by atoms with Gasteiger partial charge in [0.2, 0.25) is 5.91 Å². The molecule has 2 N–H and O–H groups in total. The third-order valence-corrected chi connectivity index (χ3v) is 1.72. The lowest BCUT2D eigenvalue weighted by Gasteiger charge is -2.19. The summed E-state index contributed by atoms with van der Waals surface area (Å²) in [5.74, 6) is 0.0988. The summed E-state index contributed by atoms with van der Waals surface area (Å²) in [6.45, 7) is 10.9. The number of hydrogen-bond acceptors (Lipinski definition) is 3. The van der Waals surface area contributed by atoms with Gasteiger partial charge in [-0.3, -0.25) is 4.79 Å². The van der Waals surface area contributed by atoms with Gasteiger partial charge in [-0.1, -0.05) is 0 Å². The van der Waals surface area contributed by atoms with Gasteiger partial charge in [-0.2, -0.15) is 0 Å². The number of ether oxygens (including phenoxy) is 1. The fourth-order valence-electron chi connectivity index (χ4n) is 1.04. The summed E-state index contributed by atoms with van der Waals surface area (Å²) >= 11 is 0. The Labute approximate surface area is 92.8 Å². The van der Waals surface area contributed by atoms with Crippen molar-refractivity contribution in [2.24, 2.45) is 0 Å². The topological polar surface area (TPSA) is 50.4 Å². The van der Waals surface area contributed by atoms with Crippen molar-refractivity contribution < 1.29 is 9.53 Å². The van der Waals surface area contributed by atoms with Crippen LogP contribution in [0.4, 0.5) is 0 Å². The van der Waals surface area contributed by atoms with Crippen LogP contribution in [0, 0.1) is 0 Å². The first-order valence-corrected chi connectivity index (χ1v) is 5.57. The molecule has 0 aliphatic heterocycles. The fourth-order valence-corrected chi connectivity index (χ4v) is 1.04. The molecule has 0 radical (unpaired) electrons. The van der Waals surface area contributed by atoms with E-state index in [1.807, 2.05) is 27.7 Å². The predicted molar refractivity (Wildman–Crippen MR) is 61.9 cm³/mol. The average molecular weight is 216 g/mol. The molecule has 0 unspecified atom stereocenters. The van der Waals surface area contributed by atoms with Crippen LogP contribution in [0.3, 0.4) is 0 Å². The van der Waals surface area contributed by atoms with Crippen LogP contribution in [-0.4, -0.2) is 37.7 Å². The van der Waals surface area contributed by atoms with Gasteiger partial charge in [-0.25, -0.2) is 0 Å². The molecule has 0 aliphatic rings. The molecule has 4 heteroatoms. The van der Waals surface area contributed by atoms with Crippen molar-refractivity contribution in [2.75, 3.05) is 26.2 Å². The maximum absolute atomic E-state index is 11.1. The normalized spacial score (nSPS) is 11.5. The van der Waals surface area contributed by atoms with E-state index in [-0.39, 0.29) is 11.5 Å². The van der Waals surface area contributed by atoms with Crippen molar-refractivity contribution in [3.8, 4) is 0 Å². The molecule has 0 rings (SSSR count). The van der Waals surface area contributed by atoms with Crippen LogP contribution < -0.4 is 10.6 Å². The first-order chi connectivity index (χ1) is 6.95. The molecule has 0 aromatic rings. The van der Waals surface area contributed by atoms with Gasteiger partial charge in [0.1, 0.15) is 0 Å². The first kappa shape index (κ1) is 14.4. The minimum Gasteiger partial charge on any atom is -0.375 e. The van der Waals surface area contributed by atoms with Crippen molar-refractivity contribution in [2.45, 2.75) is 39.7 Å². The van der Waals surface area contributed by atoms with Crippen LogP contribution in [0.15, 0.2) is 0 Å². The Balaban J connectivity index is 3.22. The van der Waals surface area contributed by atoms with E-state index in [9.17, 15) is 4.79 Å². The highest BCUT2D eigenvalue weighted by Gasteiger charge is 2.08. The summed E-state index contributed by atoms with van der Waals surface area (Å²) in [7, 11) is 0. The van der Waals surface area contributed by atoms with Crippen LogP contribution in [0.1, 0.15) is 34.1 Å². The lowest BCUT2D eigenvalue weighted by Crippen LogP contribution is -2.30. The van der Waals surface area contributed by atoms with E-state index < -0.39 is 0 Å². The first-order valence-electron chi connectivity index (χ1n) is 5.57. The molecule has 0 saturated heterocycles. The van der Waals surface area contributed by atoms with Gasteiger partial charge >= 0.3 is 0 Å². The molecule has 0 aliphatic carbocycles. The fraction of sp³-hybridized carbons (Fsp3) is 0.909. The second kappa shape index (κ2) is 7.65. The Morgan fingerprint density at radius 3 is 2.47 bits per heavy atom. The van der Waals surface area contributed by atoms with Gasteiger partial charge in [0.25, 0.3) is 0 Å². The molecule has 4 nitrogen and oxygen atoms in total. The highest BCUT2D eigenvalue weighted by Crippen LogP contribution is 2.04. The molecule has 0 fully saturated rings. The number of carbonyl (C=O) groups is 1. The number of amides is 1. The number of rotatable bonds is 7. The van der Waals surface area contributed by atoms with Crippen molar-refractivity contribution in [3.63, 3.8) is 0 Å². The van der Waals surface area contributed by atoms with Gasteiger partial charge in [0.05, 0.1) is 12.2 Å². The van der Waals surface area contributed by atoms with Gasteiger partial charge in [-0.15, -0.1) is 0 Å². The Kier molecular flexibility index (Phi) is 7.34. The van der Waals surface area contributed by atoms with Gasteiger partial charge in [0.15, 0.2) is 0 Å². The Morgan fingerprint density at radius 2 is 1.93 bits per heavy atom. The van der Waals surface area contributed by atoms with Gasteiger partial charge in [-0.05, 0) is 27.7 Å². The number of nitrogens with one attached hydrogen (secondary N) is 2. The quantitative estimate of drug-likeness (QED) is 0.622. The molecule has 0 atom stereocenters. The molecule has 0 aromatic carbocycles. The zero-order valence-corrected chi connectivity index (χ0v) is 10.4. The average Bonchev–Trinajstić information content (AvgIpc) is 2.09.